The number of nitrogens with one attached hydrogen (secondary N) is 2. The third-order valence-corrected chi connectivity index (χ3v) is 5.09. The van der Waals surface area contributed by atoms with Crippen LogP contribution in [0.2, 0.25) is 0 Å². The lowest BCUT2D eigenvalue weighted by molar-refractivity contribution is 0.316. The third kappa shape index (κ3) is 6.27. The molecule has 2 saturated carbocycles. The molecule has 0 heterocycles. The van der Waals surface area contributed by atoms with E-state index in [4.69, 9.17) is 0 Å². The van der Waals surface area contributed by atoms with Crippen LogP contribution in [-0.4, -0.2) is 25.7 Å². The minimum absolute atomic E-state index is 0.630. The summed E-state index contributed by atoms with van der Waals surface area (Å²) < 4.78 is 0. The van der Waals surface area contributed by atoms with Crippen LogP contribution in [0.4, 0.5) is 0 Å². The zero-order valence-electron chi connectivity index (χ0n) is 12.9. The van der Waals surface area contributed by atoms with Crippen molar-refractivity contribution in [1.29, 1.82) is 0 Å². The molecule has 2 rings (SSSR count). The van der Waals surface area contributed by atoms with Gasteiger partial charge in [0.25, 0.3) is 0 Å². The zero-order valence-corrected chi connectivity index (χ0v) is 12.9. The maximum atomic E-state index is 3.73. The molecule has 2 nitrogen and oxygen atoms in total. The van der Waals surface area contributed by atoms with E-state index >= 15 is 0 Å². The van der Waals surface area contributed by atoms with Crippen LogP contribution < -0.4 is 10.6 Å². The van der Waals surface area contributed by atoms with Gasteiger partial charge in [0.05, 0.1) is 0 Å². The topological polar surface area (TPSA) is 24.1 Å². The van der Waals surface area contributed by atoms with E-state index in [1.54, 1.807) is 0 Å². The van der Waals surface area contributed by atoms with Crippen molar-refractivity contribution in [2.45, 2.75) is 77.2 Å². The minimum Gasteiger partial charge on any atom is -0.315 e. The van der Waals surface area contributed by atoms with Crippen LogP contribution in [-0.2, 0) is 0 Å². The number of rotatable bonds is 7. The molecule has 2 fully saturated rings. The molecule has 1 atom stereocenters. The Hall–Kier alpha value is -0.0800. The van der Waals surface area contributed by atoms with Crippen molar-refractivity contribution in [2.75, 3.05) is 19.6 Å². The Bertz CT molecular complexity index is 217. The molecule has 112 valence electrons. The van der Waals surface area contributed by atoms with Crippen molar-refractivity contribution in [1.82, 2.24) is 10.6 Å². The first-order valence-corrected chi connectivity index (χ1v) is 8.78. The summed E-state index contributed by atoms with van der Waals surface area (Å²) in [6.07, 6.45) is 14.6. The zero-order chi connectivity index (χ0) is 13.3. The molecule has 0 saturated heterocycles. The average molecular weight is 266 g/mol. The summed E-state index contributed by atoms with van der Waals surface area (Å²) in [5, 5.41) is 7.41. The predicted octanol–water partition coefficient (Wildman–Crippen LogP) is 3.71. The van der Waals surface area contributed by atoms with Gasteiger partial charge in [-0.3, -0.25) is 0 Å². The highest BCUT2D eigenvalue weighted by molar-refractivity contribution is 4.73. The summed E-state index contributed by atoms with van der Waals surface area (Å²) in [5.74, 6) is 1.91. The Morgan fingerprint density at radius 3 is 1.89 bits per heavy atom. The molecule has 0 amide bonds. The summed E-state index contributed by atoms with van der Waals surface area (Å²) in [4.78, 5) is 0. The fourth-order valence-electron chi connectivity index (χ4n) is 3.73. The van der Waals surface area contributed by atoms with Crippen molar-refractivity contribution in [2.24, 2.45) is 11.8 Å². The van der Waals surface area contributed by atoms with Gasteiger partial charge in [0.15, 0.2) is 0 Å². The molecule has 2 aliphatic rings. The van der Waals surface area contributed by atoms with E-state index in [0.717, 1.165) is 18.4 Å². The van der Waals surface area contributed by atoms with E-state index in [1.165, 1.54) is 77.3 Å². The van der Waals surface area contributed by atoms with Gasteiger partial charge < -0.3 is 10.6 Å². The molecule has 0 bridgehead atoms. The van der Waals surface area contributed by atoms with Crippen molar-refractivity contribution in [3.8, 4) is 0 Å². The van der Waals surface area contributed by atoms with Crippen LogP contribution in [0, 0.1) is 11.8 Å². The van der Waals surface area contributed by atoms with Crippen molar-refractivity contribution < 1.29 is 0 Å². The van der Waals surface area contributed by atoms with E-state index in [0.29, 0.717) is 6.04 Å². The molecule has 0 aromatic rings. The van der Waals surface area contributed by atoms with Crippen LogP contribution in [0.15, 0.2) is 0 Å². The van der Waals surface area contributed by atoms with Crippen LogP contribution in [0.5, 0.6) is 0 Å². The normalized spacial score (nSPS) is 24.5. The first-order chi connectivity index (χ1) is 9.34. The van der Waals surface area contributed by atoms with Gasteiger partial charge in [-0.15, -0.1) is 0 Å². The molecule has 19 heavy (non-hydrogen) atoms. The summed E-state index contributed by atoms with van der Waals surface area (Å²) in [6, 6.07) is 0.630. The highest BCUT2D eigenvalue weighted by atomic mass is 15.0. The second-order valence-corrected chi connectivity index (χ2v) is 6.98. The van der Waals surface area contributed by atoms with Gasteiger partial charge in [-0.1, -0.05) is 38.5 Å². The first-order valence-electron chi connectivity index (χ1n) is 8.78. The summed E-state index contributed by atoms with van der Waals surface area (Å²) >= 11 is 0. The summed E-state index contributed by atoms with van der Waals surface area (Å²) in [5.41, 5.74) is 0. The van der Waals surface area contributed by atoms with Crippen molar-refractivity contribution >= 4 is 0 Å². The minimum atomic E-state index is 0.630. The van der Waals surface area contributed by atoms with E-state index in [-0.39, 0.29) is 0 Å². The van der Waals surface area contributed by atoms with Crippen LogP contribution in [0.3, 0.4) is 0 Å². The second kappa shape index (κ2) is 8.97. The third-order valence-electron chi connectivity index (χ3n) is 5.09. The monoisotopic (exact) mass is 266 g/mol. The maximum Gasteiger partial charge on any atom is 0.0164 e. The van der Waals surface area contributed by atoms with Crippen molar-refractivity contribution in [3.05, 3.63) is 0 Å². The Morgan fingerprint density at radius 2 is 1.32 bits per heavy atom. The van der Waals surface area contributed by atoms with Crippen LogP contribution in [0.1, 0.15) is 71.1 Å². The molecule has 0 aromatic heterocycles. The summed E-state index contributed by atoms with van der Waals surface area (Å²) in [7, 11) is 0. The molecule has 0 aliphatic heterocycles. The molecular formula is C17H34N2. The van der Waals surface area contributed by atoms with Crippen molar-refractivity contribution in [3.63, 3.8) is 0 Å². The van der Waals surface area contributed by atoms with Gasteiger partial charge in [0.1, 0.15) is 0 Å². The van der Waals surface area contributed by atoms with Gasteiger partial charge in [-0.25, -0.2) is 0 Å². The van der Waals surface area contributed by atoms with Gasteiger partial charge in [0, 0.05) is 12.6 Å². The smallest absolute Gasteiger partial charge is 0.0164 e. The van der Waals surface area contributed by atoms with Gasteiger partial charge in [-0.05, 0) is 57.5 Å². The van der Waals surface area contributed by atoms with E-state index in [2.05, 4.69) is 17.6 Å². The highest BCUT2D eigenvalue weighted by Gasteiger charge is 2.15. The molecular weight excluding hydrogens is 232 g/mol. The largest absolute Gasteiger partial charge is 0.315 e. The Kier molecular flexibility index (Phi) is 7.23. The molecule has 0 aromatic carbocycles. The van der Waals surface area contributed by atoms with E-state index in [1.807, 2.05) is 0 Å². The van der Waals surface area contributed by atoms with Crippen LogP contribution >= 0.6 is 0 Å². The fourth-order valence-corrected chi connectivity index (χ4v) is 3.73. The maximum absolute atomic E-state index is 3.73. The molecule has 2 heteroatoms. The Morgan fingerprint density at radius 1 is 0.789 bits per heavy atom. The quantitative estimate of drug-likeness (QED) is 0.734. The van der Waals surface area contributed by atoms with E-state index in [9.17, 15) is 0 Å². The standard InChI is InChI=1S/C17H34N2/c1-15(19-14-17-10-6-3-7-11-17)12-18-13-16-8-4-2-5-9-16/h15-19H,2-14H2,1H3. The SMILES string of the molecule is CC(CNCC1CCCCC1)NCC1CCCCC1. The highest BCUT2D eigenvalue weighted by Crippen LogP contribution is 2.23. The number of hydrogen-bond donors (Lipinski definition) is 2. The number of hydrogen-bond acceptors (Lipinski definition) is 2. The molecule has 2 N–H and O–H groups in total. The fraction of sp³-hybridized carbons (Fsp3) is 1.00. The Balaban J connectivity index is 1.47. The molecule has 1 unspecified atom stereocenters. The lowest BCUT2D eigenvalue weighted by Crippen LogP contribution is -2.40. The molecule has 0 radical (unpaired) electrons. The average Bonchev–Trinajstić information content (AvgIpc) is 2.47. The summed E-state index contributed by atoms with van der Waals surface area (Å²) in [6.45, 7) is 5.96. The van der Waals surface area contributed by atoms with Gasteiger partial charge in [0.2, 0.25) is 0 Å². The molecule has 0 spiro atoms. The van der Waals surface area contributed by atoms with Gasteiger partial charge in [-0.2, -0.15) is 0 Å². The first kappa shape index (κ1) is 15.3. The Labute approximate surface area is 120 Å². The van der Waals surface area contributed by atoms with Crippen LogP contribution in [0.25, 0.3) is 0 Å². The molecule has 2 aliphatic carbocycles. The van der Waals surface area contributed by atoms with Gasteiger partial charge >= 0.3 is 0 Å². The lowest BCUT2D eigenvalue weighted by Gasteiger charge is -2.25. The predicted molar refractivity (Wildman–Crippen MR) is 83.5 cm³/mol. The lowest BCUT2D eigenvalue weighted by atomic mass is 9.89. The second-order valence-electron chi connectivity index (χ2n) is 6.98. The van der Waals surface area contributed by atoms with E-state index < -0.39 is 0 Å².